The molecule has 0 radical (unpaired) electrons. The van der Waals surface area contributed by atoms with E-state index in [1.165, 1.54) is 0 Å². The lowest BCUT2D eigenvalue weighted by atomic mass is 10.3. The van der Waals surface area contributed by atoms with Gasteiger partial charge in [-0.3, -0.25) is 4.98 Å². The molecule has 5 heteroatoms. The monoisotopic (exact) mass is 254 g/mol. The molecule has 72 valence electrons. The summed E-state index contributed by atoms with van der Waals surface area (Å²) in [5, 5.41) is 12.4. The first-order valence-corrected chi connectivity index (χ1v) is 4.77. The van der Waals surface area contributed by atoms with Crippen molar-refractivity contribution in [3.8, 4) is 11.5 Å². The van der Waals surface area contributed by atoms with E-state index >= 15 is 0 Å². The van der Waals surface area contributed by atoms with Crippen LogP contribution < -0.4 is 0 Å². The highest BCUT2D eigenvalue weighted by Gasteiger charge is 2.06. The van der Waals surface area contributed by atoms with Gasteiger partial charge in [0.1, 0.15) is 11.4 Å². The largest absolute Gasteiger partial charge is 0.390 e. The fourth-order valence-corrected chi connectivity index (χ4v) is 1.26. The van der Waals surface area contributed by atoms with Crippen molar-refractivity contribution in [2.45, 2.75) is 6.61 Å². The molecule has 0 saturated heterocycles. The van der Waals surface area contributed by atoms with E-state index < -0.39 is 0 Å². The third kappa shape index (κ3) is 1.83. The molecular formula is C9H7BrN2O2. The van der Waals surface area contributed by atoms with E-state index in [1.807, 2.05) is 12.1 Å². The Morgan fingerprint density at radius 2 is 2.29 bits per heavy atom. The molecule has 2 aromatic rings. The standard InChI is InChI=1S/C9H7BrN2O2/c10-6-1-2-8(11-4-6)9-3-7(5-13)12-14-9/h1-4,13H,5H2. The molecule has 0 amide bonds. The van der Waals surface area contributed by atoms with Crippen LogP contribution in [0.15, 0.2) is 33.4 Å². The van der Waals surface area contributed by atoms with Crippen molar-refractivity contribution in [1.29, 1.82) is 0 Å². The predicted octanol–water partition coefficient (Wildman–Crippen LogP) is 1.99. The molecule has 0 atom stereocenters. The topological polar surface area (TPSA) is 59.2 Å². The molecule has 0 aliphatic carbocycles. The highest BCUT2D eigenvalue weighted by atomic mass is 79.9. The van der Waals surface area contributed by atoms with Crippen LogP contribution in [0.25, 0.3) is 11.5 Å². The number of aliphatic hydroxyl groups is 1. The summed E-state index contributed by atoms with van der Waals surface area (Å²) < 4.78 is 5.90. The highest BCUT2D eigenvalue weighted by molar-refractivity contribution is 9.10. The molecule has 14 heavy (non-hydrogen) atoms. The van der Waals surface area contributed by atoms with E-state index in [0.717, 1.165) is 4.47 Å². The molecule has 0 fully saturated rings. The van der Waals surface area contributed by atoms with Gasteiger partial charge in [0.05, 0.1) is 6.61 Å². The Balaban J connectivity index is 2.34. The zero-order valence-electron chi connectivity index (χ0n) is 7.14. The van der Waals surface area contributed by atoms with Crippen LogP contribution in [0, 0.1) is 0 Å². The van der Waals surface area contributed by atoms with Crippen molar-refractivity contribution in [1.82, 2.24) is 10.1 Å². The summed E-state index contributed by atoms with van der Waals surface area (Å²) in [6, 6.07) is 5.34. The van der Waals surface area contributed by atoms with E-state index in [-0.39, 0.29) is 6.61 Å². The number of pyridine rings is 1. The van der Waals surface area contributed by atoms with Gasteiger partial charge in [0.2, 0.25) is 0 Å². The number of hydrogen-bond donors (Lipinski definition) is 1. The molecule has 0 spiro atoms. The Bertz CT molecular complexity index is 425. The van der Waals surface area contributed by atoms with Gasteiger partial charge in [0.25, 0.3) is 0 Å². The van der Waals surface area contributed by atoms with Crippen molar-refractivity contribution < 1.29 is 9.63 Å². The number of hydrogen-bond acceptors (Lipinski definition) is 4. The number of halogens is 1. The molecule has 0 aliphatic rings. The number of nitrogens with zero attached hydrogens (tertiary/aromatic N) is 2. The third-order valence-electron chi connectivity index (χ3n) is 1.70. The van der Waals surface area contributed by atoms with Gasteiger partial charge >= 0.3 is 0 Å². The second kappa shape index (κ2) is 3.89. The molecule has 0 aromatic carbocycles. The van der Waals surface area contributed by atoms with Gasteiger partial charge in [-0.1, -0.05) is 5.16 Å². The van der Waals surface area contributed by atoms with Gasteiger partial charge in [0, 0.05) is 16.7 Å². The van der Waals surface area contributed by atoms with Crippen LogP contribution in [0.2, 0.25) is 0 Å². The van der Waals surface area contributed by atoms with Gasteiger partial charge < -0.3 is 9.63 Å². The Kier molecular flexibility index (Phi) is 2.60. The zero-order valence-corrected chi connectivity index (χ0v) is 8.73. The lowest BCUT2D eigenvalue weighted by molar-refractivity contribution is 0.267. The average Bonchev–Trinajstić information content (AvgIpc) is 2.67. The van der Waals surface area contributed by atoms with E-state index in [1.54, 1.807) is 12.3 Å². The summed E-state index contributed by atoms with van der Waals surface area (Å²) in [6.07, 6.45) is 1.68. The normalized spacial score (nSPS) is 10.4. The van der Waals surface area contributed by atoms with Crippen LogP contribution in [0.5, 0.6) is 0 Å². The van der Waals surface area contributed by atoms with Crippen molar-refractivity contribution in [2.75, 3.05) is 0 Å². The summed E-state index contributed by atoms with van der Waals surface area (Å²) in [6.45, 7) is -0.125. The first-order valence-electron chi connectivity index (χ1n) is 3.98. The SMILES string of the molecule is OCc1cc(-c2ccc(Br)cn2)on1. The molecule has 0 saturated carbocycles. The van der Waals surface area contributed by atoms with Crippen LogP contribution >= 0.6 is 15.9 Å². The molecule has 0 bridgehead atoms. The van der Waals surface area contributed by atoms with Crippen LogP contribution in [-0.2, 0) is 6.61 Å². The van der Waals surface area contributed by atoms with Crippen molar-refractivity contribution in [2.24, 2.45) is 0 Å². The van der Waals surface area contributed by atoms with Crippen LogP contribution in [-0.4, -0.2) is 15.2 Å². The second-order valence-corrected chi connectivity index (χ2v) is 3.62. The van der Waals surface area contributed by atoms with E-state index in [9.17, 15) is 0 Å². The minimum absolute atomic E-state index is 0.125. The van der Waals surface area contributed by atoms with Crippen LogP contribution in [0.1, 0.15) is 5.69 Å². The molecule has 1 N–H and O–H groups in total. The summed E-state index contributed by atoms with van der Waals surface area (Å²) in [7, 11) is 0. The Labute approximate surface area is 88.7 Å². The Hall–Kier alpha value is -1.20. The first-order chi connectivity index (χ1) is 6.79. The second-order valence-electron chi connectivity index (χ2n) is 2.70. The lowest BCUT2D eigenvalue weighted by Gasteiger charge is -1.93. The zero-order chi connectivity index (χ0) is 9.97. The maximum absolute atomic E-state index is 8.79. The Morgan fingerprint density at radius 1 is 1.43 bits per heavy atom. The van der Waals surface area contributed by atoms with Gasteiger partial charge in [-0.2, -0.15) is 0 Å². The summed E-state index contributed by atoms with van der Waals surface area (Å²) in [4.78, 5) is 4.13. The molecule has 2 rings (SSSR count). The van der Waals surface area contributed by atoms with Gasteiger partial charge in [0.15, 0.2) is 5.76 Å². The number of rotatable bonds is 2. The van der Waals surface area contributed by atoms with Crippen LogP contribution in [0.4, 0.5) is 0 Å². The quantitative estimate of drug-likeness (QED) is 0.891. The molecule has 0 unspecified atom stereocenters. The molecular weight excluding hydrogens is 248 g/mol. The maximum atomic E-state index is 8.79. The molecule has 2 aromatic heterocycles. The smallest absolute Gasteiger partial charge is 0.185 e. The number of aliphatic hydroxyl groups excluding tert-OH is 1. The molecule has 4 nitrogen and oxygen atoms in total. The highest BCUT2D eigenvalue weighted by Crippen LogP contribution is 2.19. The first kappa shape index (κ1) is 9.36. The van der Waals surface area contributed by atoms with E-state index in [0.29, 0.717) is 17.1 Å². The Morgan fingerprint density at radius 3 is 2.86 bits per heavy atom. The molecule has 2 heterocycles. The van der Waals surface area contributed by atoms with Gasteiger partial charge in [-0.05, 0) is 28.1 Å². The predicted molar refractivity (Wildman–Crippen MR) is 53.4 cm³/mol. The third-order valence-corrected chi connectivity index (χ3v) is 2.17. The van der Waals surface area contributed by atoms with E-state index in [4.69, 9.17) is 9.63 Å². The van der Waals surface area contributed by atoms with Crippen LogP contribution in [0.3, 0.4) is 0 Å². The van der Waals surface area contributed by atoms with Crippen molar-refractivity contribution in [3.05, 3.63) is 34.6 Å². The van der Waals surface area contributed by atoms with Crippen molar-refractivity contribution in [3.63, 3.8) is 0 Å². The summed E-state index contributed by atoms with van der Waals surface area (Å²) in [5.74, 6) is 0.557. The minimum atomic E-state index is -0.125. The van der Waals surface area contributed by atoms with Gasteiger partial charge in [-0.15, -0.1) is 0 Å². The summed E-state index contributed by atoms with van der Waals surface area (Å²) in [5.41, 5.74) is 1.20. The molecule has 0 aliphatic heterocycles. The fourth-order valence-electron chi connectivity index (χ4n) is 1.03. The maximum Gasteiger partial charge on any atom is 0.185 e. The van der Waals surface area contributed by atoms with Crippen molar-refractivity contribution >= 4 is 15.9 Å². The van der Waals surface area contributed by atoms with E-state index in [2.05, 4.69) is 26.1 Å². The number of aromatic nitrogens is 2. The fraction of sp³-hybridized carbons (Fsp3) is 0.111. The van der Waals surface area contributed by atoms with Gasteiger partial charge in [-0.25, -0.2) is 0 Å². The minimum Gasteiger partial charge on any atom is -0.390 e. The lowest BCUT2D eigenvalue weighted by Crippen LogP contribution is -1.80. The average molecular weight is 255 g/mol. The summed E-state index contributed by atoms with van der Waals surface area (Å²) >= 11 is 3.29.